The predicted molar refractivity (Wildman–Crippen MR) is 116 cm³/mol. The standard InChI is InChI=1S/C13H14O3.2CHF3O3S.5H3N.Os/c1-15-13(10-5-3-2-4-6-10)11-7-8-16-9-12(11)14;2*2-1(3,4)8(5,6)7;;;;;;/h2-8,11,13H,9H2,1H3;2*(H,5,6,7);5*1H3;/q;;;;;;;;+2/p-2. The van der Waals surface area contributed by atoms with Gasteiger partial charge in [-0.2, -0.15) is 26.3 Å². The second kappa shape index (κ2) is 21.1. The quantitative estimate of drug-likeness (QED) is 0.167. The van der Waals surface area contributed by atoms with Crippen molar-refractivity contribution in [3.8, 4) is 0 Å². The third-order valence-electron chi connectivity index (χ3n) is 3.25. The molecule has 2 unspecified atom stereocenters. The number of ketones is 1. The molecule has 0 amide bonds. The second-order valence-corrected chi connectivity index (χ2v) is 8.24. The first-order valence-electron chi connectivity index (χ1n) is 7.76. The Labute approximate surface area is 228 Å². The number of alkyl halides is 6. The topological polar surface area (TPSA) is 325 Å². The molecule has 2 atom stereocenters. The van der Waals surface area contributed by atoms with E-state index in [1.165, 1.54) is 0 Å². The summed E-state index contributed by atoms with van der Waals surface area (Å²) in [6, 6.07) is 9.75. The minimum atomic E-state index is -6.09. The number of rotatable bonds is 3. The Kier molecular flexibility index (Phi) is 29.2. The van der Waals surface area contributed by atoms with Crippen molar-refractivity contribution >= 4 is 26.0 Å². The normalized spacial score (nSPS) is 15.0. The van der Waals surface area contributed by atoms with E-state index in [9.17, 15) is 31.1 Å². The van der Waals surface area contributed by atoms with Crippen LogP contribution in [0.15, 0.2) is 42.7 Å². The maximum Gasteiger partial charge on any atom is 2.00 e. The summed E-state index contributed by atoms with van der Waals surface area (Å²) in [7, 11) is -10.6. The van der Waals surface area contributed by atoms with E-state index in [0.717, 1.165) is 5.56 Å². The zero-order valence-corrected chi connectivity index (χ0v) is 23.7. The summed E-state index contributed by atoms with van der Waals surface area (Å²) in [6.07, 6.45) is 3.10. The van der Waals surface area contributed by atoms with Gasteiger partial charge in [0, 0.05) is 7.11 Å². The number of hydrogen-bond acceptors (Lipinski definition) is 14. The zero-order chi connectivity index (χ0) is 25.4. The Bertz CT molecular complexity index is 957. The molecule has 38 heavy (non-hydrogen) atoms. The van der Waals surface area contributed by atoms with Gasteiger partial charge in [-0.1, -0.05) is 30.3 Å². The van der Waals surface area contributed by atoms with E-state index in [0.29, 0.717) is 0 Å². The molecule has 0 spiro atoms. The molecule has 0 radical (unpaired) electrons. The molecule has 1 heterocycles. The average Bonchev–Trinajstić information content (AvgIpc) is 2.62. The van der Waals surface area contributed by atoms with Gasteiger partial charge in [0.15, 0.2) is 26.0 Å². The van der Waals surface area contributed by atoms with E-state index >= 15 is 0 Å². The van der Waals surface area contributed by atoms with E-state index in [2.05, 4.69) is 0 Å². The minimum Gasteiger partial charge on any atom is -0.741 e. The Balaban J connectivity index is -0.0000000768. The Morgan fingerprint density at radius 3 is 1.47 bits per heavy atom. The summed E-state index contributed by atoms with van der Waals surface area (Å²) in [6.45, 7) is 0.133. The molecule has 0 aromatic heterocycles. The van der Waals surface area contributed by atoms with Crippen molar-refractivity contribution in [3.05, 3.63) is 48.2 Å². The summed E-state index contributed by atoms with van der Waals surface area (Å²) in [5, 5.41) is 0. The third-order valence-corrected chi connectivity index (χ3v) is 4.39. The van der Waals surface area contributed by atoms with Crippen molar-refractivity contribution in [1.29, 1.82) is 0 Å². The summed E-state index contributed by atoms with van der Waals surface area (Å²) >= 11 is 0. The molecule has 2 rings (SSSR count). The number of hydrogen-bond donors (Lipinski definition) is 5. The molecule has 14 nitrogen and oxygen atoms in total. The maximum absolute atomic E-state index is 11.7. The fourth-order valence-corrected chi connectivity index (χ4v) is 1.88. The summed E-state index contributed by atoms with van der Waals surface area (Å²) in [5.74, 6) is -0.195. The van der Waals surface area contributed by atoms with Crippen LogP contribution in [0, 0.1) is 5.92 Å². The molecule has 1 aliphatic rings. The van der Waals surface area contributed by atoms with Crippen LogP contribution in [0.1, 0.15) is 11.7 Å². The molecule has 15 N–H and O–H groups in total. The van der Waals surface area contributed by atoms with Crippen LogP contribution in [-0.2, 0) is 54.3 Å². The molecule has 230 valence electrons. The molecule has 1 aliphatic heterocycles. The Morgan fingerprint density at radius 1 is 0.868 bits per heavy atom. The average molecular weight is 792 g/mol. The Morgan fingerprint density at radius 2 is 1.21 bits per heavy atom. The maximum atomic E-state index is 11.7. The van der Waals surface area contributed by atoms with E-state index < -0.39 is 31.3 Å². The van der Waals surface area contributed by atoms with Crippen molar-refractivity contribution in [2.24, 2.45) is 5.92 Å². The fraction of sp³-hybridized carbons (Fsp3) is 0.400. The van der Waals surface area contributed by atoms with Gasteiger partial charge in [0.05, 0.1) is 18.3 Å². The molecular formula is C15H29F6N5O9OsS2. The van der Waals surface area contributed by atoms with Gasteiger partial charge >= 0.3 is 30.8 Å². The number of halogens is 6. The first kappa shape index (κ1) is 52.6. The molecule has 1 aromatic carbocycles. The smallest absolute Gasteiger partial charge is 0.741 e. The number of ether oxygens (including phenoxy) is 2. The van der Waals surface area contributed by atoms with Gasteiger partial charge in [0.1, 0.15) is 6.61 Å². The van der Waals surface area contributed by atoms with Crippen LogP contribution in [0.3, 0.4) is 0 Å². The van der Waals surface area contributed by atoms with Gasteiger partial charge in [-0.25, -0.2) is 16.8 Å². The molecule has 1 aromatic rings. The van der Waals surface area contributed by atoms with Crippen molar-refractivity contribution in [1.82, 2.24) is 30.8 Å². The van der Waals surface area contributed by atoms with Crippen LogP contribution >= 0.6 is 0 Å². The zero-order valence-electron chi connectivity index (χ0n) is 19.6. The van der Waals surface area contributed by atoms with Crippen LogP contribution in [0.2, 0.25) is 0 Å². The Hall–Kier alpha value is -1.77. The molecule has 0 aliphatic carbocycles. The van der Waals surface area contributed by atoms with E-state index in [1.807, 2.05) is 30.3 Å². The van der Waals surface area contributed by atoms with Gasteiger partial charge in [-0.3, -0.25) is 4.79 Å². The summed E-state index contributed by atoms with van der Waals surface area (Å²) in [4.78, 5) is 11.7. The van der Waals surface area contributed by atoms with Crippen LogP contribution in [-0.4, -0.2) is 56.5 Å². The van der Waals surface area contributed by atoms with Crippen molar-refractivity contribution in [3.63, 3.8) is 0 Å². The first-order valence-corrected chi connectivity index (χ1v) is 10.6. The van der Waals surface area contributed by atoms with Crippen molar-refractivity contribution in [2.75, 3.05) is 13.7 Å². The van der Waals surface area contributed by atoms with Crippen molar-refractivity contribution in [2.45, 2.75) is 17.1 Å². The number of carbonyl (C=O) groups excluding carboxylic acids is 1. The van der Waals surface area contributed by atoms with E-state index in [1.54, 1.807) is 19.4 Å². The van der Waals surface area contributed by atoms with Gasteiger partial charge in [0.25, 0.3) is 0 Å². The van der Waals surface area contributed by atoms with Crippen LogP contribution in [0.5, 0.6) is 0 Å². The van der Waals surface area contributed by atoms with Crippen LogP contribution in [0.4, 0.5) is 26.3 Å². The number of methoxy groups -OCH3 is 1. The number of Topliss-reactive ketones (excluding diaryl/α,β-unsaturated/α-hetero) is 1. The number of carbonyl (C=O) groups is 1. The van der Waals surface area contributed by atoms with E-state index in [-0.39, 0.29) is 75.0 Å². The van der Waals surface area contributed by atoms with Crippen molar-refractivity contribution < 1.29 is 86.3 Å². The summed E-state index contributed by atoms with van der Waals surface area (Å²) < 4.78 is 128. The molecular weight excluding hydrogens is 763 g/mol. The molecule has 23 heteroatoms. The molecule has 0 saturated heterocycles. The largest absolute Gasteiger partial charge is 2.00 e. The second-order valence-electron chi connectivity index (χ2n) is 5.50. The monoisotopic (exact) mass is 793 g/mol. The predicted octanol–water partition coefficient (Wildman–Crippen LogP) is 3.01. The third kappa shape index (κ3) is 18.5. The van der Waals surface area contributed by atoms with Gasteiger partial charge in [-0.15, -0.1) is 0 Å². The molecule has 0 fully saturated rings. The molecule has 0 saturated carbocycles. The van der Waals surface area contributed by atoms with Crippen LogP contribution in [0.25, 0.3) is 0 Å². The first-order chi connectivity index (χ1) is 14.3. The minimum absolute atomic E-state index is 0. The van der Waals surface area contributed by atoms with Gasteiger partial charge in [-0.05, 0) is 11.6 Å². The fourth-order valence-electron chi connectivity index (χ4n) is 1.88. The SMILES string of the molecule is COC(c1ccccc1)C1C=COCC1=O.N.N.N.N.N.O=S(=O)([O-])C(F)(F)F.O=S(=O)([O-])C(F)(F)F.[Os+2]. The molecule has 0 bridgehead atoms. The number of benzene rings is 1. The van der Waals surface area contributed by atoms with Gasteiger partial charge < -0.3 is 49.3 Å². The van der Waals surface area contributed by atoms with E-state index in [4.69, 9.17) is 35.4 Å². The van der Waals surface area contributed by atoms with Gasteiger partial charge in [0.2, 0.25) is 0 Å². The van der Waals surface area contributed by atoms with Crippen LogP contribution < -0.4 is 30.8 Å². The summed E-state index contributed by atoms with van der Waals surface area (Å²) in [5.41, 5.74) is -10.3.